The molecule has 0 spiro atoms. The highest BCUT2D eigenvalue weighted by atomic mass is 32.2. The maximum absolute atomic E-state index is 12.7. The highest BCUT2D eigenvalue weighted by Gasteiger charge is 2.25. The normalized spacial score (nSPS) is 17.9. The summed E-state index contributed by atoms with van der Waals surface area (Å²) >= 11 is 0. The van der Waals surface area contributed by atoms with Crippen molar-refractivity contribution < 1.29 is 13.2 Å². The van der Waals surface area contributed by atoms with Crippen LogP contribution in [0.2, 0.25) is 0 Å². The fourth-order valence-corrected chi connectivity index (χ4v) is 4.18. The van der Waals surface area contributed by atoms with Gasteiger partial charge in [0.1, 0.15) is 0 Å². The lowest BCUT2D eigenvalue weighted by atomic mass is 10.2. The molecule has 1 saturated heterocycles. The number of nitrogens with one attached hydrogen (secondary N) is 2. The predicted molar refractivity (Wildman–Crippen MR) is 94.5 cm³/mol. The number of hydrogen-bond donors (Lipinski definition) is 2. The van der Waals surface area contributed by atoms with E-state index in [2.05, 4.69) is 10.6 Å². The number of hydrogen-bond acceptors (Lipinski definition) is 4. The van der Waals surface area contributed by atoms with Gasteiger partial charge < -0.3 is 10.6 Å². The van der Waals surface area contributed by atoms with Crippen LogP contribution in [-0.2, 0) is 10.0 Å². The molecule has 1 heterocycles. The van der Waals surface area contributed by atoms with Crippen LogP contribution in [0.1, 0.15) is 43.0 Å². The van der Waals surface area contributed by atoms with Crippen LogP contribution >= 0.6 is 0 Å². The van der Waals surface area contributed by atoms with E-state index in [1.807, 2.05) is 14.0 Å². The Balaban J connectivity index is 2.06. The molecule has 0 bridgehead atoms. The van der Waals surface area contributed by atoms with Gasteiger partial charge in [-0.25, -0.2) is 8.42 Å². The summed E-state index contributed by atoms with van der Waals surface area (Å²) in [5, 5.41) is 5.86. The number of likely N-dealkylation sites (N-methyl/N-ethyl adjacent to an activating group) is 1. The Morgan fingerprint density at radius 2 is 1.71 bits per heavy atom. The lowest BCUT2D eigenvalue weighted by Crippen LogP contribution is -2.37. The van der Waals surface area contributed by atoms with Crippen molar-refractivity contribution in [2.45, 2.75) is 43.5 Å². The van der Waals surface area contributed by atoms with E-state index in [-0.39, 0.29) is 16.8 Å². The van der Waals surface area contributed by atoms with E-state index in [0.29, 0.717) is 25.2 Å². The van der Waals surface area contributed by atoms with E-state index in [0.717, 1.165) is 25.7 Å². The van der Waals surface area contributed by atoms with Gasteiger partial charge in [0.15, 0.2) is 0 Å². The van der Waals surface area contributed by atoms with Crippen LogP contribution in [0.25, 0.3) is 0 Å². The minimum absolute atomic E-state index is 0.177. The second-order valence-corrected chi connectivity index (χ2v) is 8.18. The van der Waals surface area contributed by atoms with E-state index < -0.39 is 10.0 Å². The Morgan fingerprint density at radius 1 is 1.12 bits per heavy atom. The Labute approximate surface area is 144 Å². The molecule has 6 nitrogen and oxygen atoms in total. The van der Waals surface area contributed by atoms with Gasteiger partial charge in [-0.1, -0.05) is 12.8 Å². The van der Waals surface area contributed by atoms with Crippen molar-refractivity contribution in [2.24, 2.45) is 0 Å². The molecule has 2 N–H and O–H groups in total. The van der Waals surface area contributed by atoms with E-state index in [9.17, 15) is 13.2 Å². The SMILES string of the molecule is CNC(C)CNC(=O)c1ccc(S(=O)(=O)N2CCCCCC2)cc1. The lowest BCUT2D eigenvalue weighted by molar-refractivity contribution is 0.0950. The summed E-state index contributed by atoms with van der Waals surface area (Å²) in [7, 11) is -1.63. The van der Waals surface area contributed by atoms with Crippen molar-refractivity contribution in [1.82, 2.24) is 14.9 Å². The zero-order valence-electron chi connectivity index (χ0n) is 14.4. The molecule has 1 amide bonds. The van der Waals surface area contributed by atoms with Gasteiger partial charge >= 0.3 is 0 Å². The second-order valence-electron chi connectivity index (χ2n) is 6.24. The van der Waals surface area contributed by atoms with Gasteiger partial charge in [0.05, 0.1) is 4.90 Å². The summed E-state index contributed by atoms with van der Waals surface area (Å²) in [5.41, 5.74) is 0.466. The summed E-state index contributed by atoms with van der Waals surface area (Å²) < 4.78 is 26.9. The van der Waals surface area contributed by atoms with Gasteiger partial charge in [-0.05, 0) is 51.1 Å². The Bertz CT molecular complexity index is 636. The Kier molecular flexibility index (Phi) is 6.77. The lowest BCUT2D eigenvalue weighted by Gasteiger charge is -2.20. The summed E-state index contributed by atoms with van der Waals surface area (Å²) in [6, 6.07) is 6.37. The molecule has 1 atom stereocenters. The van der Waals surface area contributed by atoms with Gasteiger partial charge in [0.25, 0.3) is 5.91 Å². The molecule has 24 heavy (non-hydrogen) atoms. The van der Waals surface area contributed by atoms with Crippen molar-refractivity contribution in [3.63, 3.8) is 0 Å². The molecule has 1 aromatic carbocycles. The van der Waals surface area contributed by atoms with Gasteiger partial charge in [0.2, 0.25) is 10.0 Å². The third kappa shape index (κ3) is 4.78. The van der Waals surface area contributed by atoms with Gasteiger partial charge in [0, 0.05) is 31.2 Å². The summed E-state index contributed by atoms with van der Waals surface area (Å²) in [5.74, 6) is -0.198. The molecular formula is C17H27N3O3S. The number of amides is 1. The molecule has 0 aliphatic carbocycles. The number of benzene rings is 1. The van der Waals surface area contributed by atoms with E-state index in [1.54, 1.807) is 16.4 Å². The highest BCUT2D eigenvalue weighted by Crippen LogP contribution is 2.20. The van der Waals surface area contributed by atoms with Crippen molar-refractivity contribution in [3.05, 3.63) is 29.8 Å². The number of rotatable bonds is 6. The van der Waals surface area contributed by atoms with Crippen LogP contribution < -0.4 is 10.6 Å². The van der Waals surface area contributed by atoms with E-state index in [1.165, 1.54) is 12.1 Å². The van der Waals surface area contributed by atoms with Crippen LogP contribution in [0.3, 0.4) is 0 Å². The molecule has 0 radical (unpaired) electrons. The first kappa shape index (κ1) is 18.9. The van der Waals surface area contributed by atoms with Crippen LogP contribution in [0.4, 0.5) is 0 Å². The van der Waals surface area contributed by atoms with Crippen LogP contribution in [0, 0.1) is 0 Å². The average Bonchev–Trinajstić information content (AvgIpc) is 2.89. The third-order valence-corrected chi connectivity index (χ3v) is 6.29. The zero-order chi connectivity index (χ0) is 17.6. The second kappa shape index (κ2) is 8.60. The summed E-state index contributed by atoms with van der Waals surface area (Å²) in [6.07, 6.45) is 3.97. The van der Waals surface area contributed by atoms with Crippen LogP contribution in [0.5, 0.6) is 0 Å². The molecule has 0 aromatic heterocycles. The smallest absolute Gasteiger partial charge is 0.251 e. The first-order valence-corrected chi connectivity index (χ1v) is 9.95. The largest absolute Gasteiger partial charge is 0.350 e. The minimum atomic E-state index is -3.47. The molecule has 1 aliphatic heterocycles. The number of carbonyl (C=O) groups excluding carboxylic acids is 1. The van der Waals surface area contributed by atoms with Crippen molar-refractivity contribution in [2.75, 3.05) is 26.7 Å². The maximum atomic E-state index is 12.7. The Morgan fingerprint density at radius 3 is 2.25 bits per heavy atom. The highest BCUT2D eigenvalue weighted by molar-refractivity contribution is 7.89. The van der Waals surface area contributed by atoms with Crippen LogP contribution in [0.15, 0.2) is 29.2 Å². The molecule has 1 aromatic rings. The topological polar surface area (TPSA) is 78.5 Å². The molecule has 0 saturated carbocycles. The molecule has 1 unspecified atom stereocenters. The monoisotopic (exact) mass is 353 g/mol. The van der Waals surface area contributed by atoms with E-state index in [4.69, 9.17) is 0 Å². The van der Waals surface area contributed by atoms with Crippen molar-refractivity contribution >= 4 is 15.9 Å². The predicted octanol–water partition coefficient (Wildman–Crippen LogP) is 1.59. The quantitative estimate of drug-likeness (QED) is 0.814. The number of nitrogens with zero attached hydrogens (tertiary/aromatic N) is 1. The van der Waals surface area contributed by atoms with E-state index >= 15 is 0 Å². The van der Waals surface area contributed by atoms with Crippen molar-refractivity contribution in [1.29, 1.82) is 0 Å². The zero-order valence-corrected chi connectivity index (χ0v) is 15.2. The summed E-state index contributed by atoms with van der Waals surface area (Å²) in [6.45, 7) is 3.64. The molecular weight excluding hydrogens is 326 g/mol. The first-order chi connectivity index (χ1) is 11.4. The maximum Gasteiger partial charge on any atom is 0.251 e. The fraction of sp³-hybridized carbons (Fsp3) is 0.588. The van der Waals surface area contributed by atoms with Gasteiger partial charge in [-0.3, -0.25) is 4.79 Å². The molecule has 1 fully saturated rings. The minimum Gasteiger partial charge on any atom is -0.350 e. The fourth-order valence-electron chi connectivity index (χ4n) is 2.66. The van der Waals surface area contributed by atoms with Crippen molar-refractivity contribution in [3.8, 4) is 0 Å². The van der Waals surface area contributed by atoms with Crippen LogP contribution in [-0.4, -0.2) is 51.4 Å². The number of sulfonamides is 1. The Hall–Kier alpha value is -1.44. The molecule has 2 rings (SSSR count). The molecule has 7 heteroatoms. The van der Waals surface area contributed by atoms with Gasteiger partial charge in [-0.2, -0.15) is 4.31 Å². The standard InChI is InChI=1S/C17H27N3O3S/c1-14(18-2)13-19-17(21)15-7-9-16(10-8-15)24(22,23)20-11-5-3-4-6-12-20/h7-10,14,18H,3-6,11-13H2,1-2H3,(H,19,21). The number of carbonyl (C=O) groups is 1. The first-order valence-electron chi connectivity index (χ1n) is 8.51. The molecule has 1 aliphatic rings. The van der Waals surface area contributed by atoms with Gasteiger partial charge in [-0.15, -0.1) is 0 Å². The molecule has 134 valence electrons. The summed E-state index contributed by atoms with van der Waals surface area (Å²) in [4.78, 5) is 12.3. The third-order valence-electron chi connectivity index (χ3n) is 4.38. The average molecular weight is 353 g/mol.